The molecule has 0 spiro atoms. The van der Waals surface area contributed by atoms with E-state index in [0.29, 0.717) is 29.6 Å². The van der Waals surface area contributed by atoms with Crippen LogP contribution in [-0.2, 0) is 16.0 Å². The number of benzene rings is 2. The fourth-order valence-electron chi connectivity index (χ4n) is 2.39. The molecule has 142 valence electrons. The number of nitrogens with zero attached hydrogens (tertiary/aromatic N) is 2. The van der Waals surface area contributed by atoms with Crippen LogP contribution in [-0.4, -0.2) is 21.8 Å². The highest BCUT2D eigenvalue weighted by Crippen LogP contribution is 2.23. The quantitative estimate of drug-likeness (QED) is 0.512. The lowest BCUT2D eigenvalue weighted by atomic mass is 10.1. The van der Waals surface area contributed by atoms with Crippen LogP contribution in [0, 0.1) is 3.57 Å². The number of ether oxygens (including phenoxy) is 1. The first kappa shape index (κ1) is 19.7. The first-order chi connectivity index (χ1) is 13.5. The third kappa shape index (κ3) is 5.74. The molecule has 0 fully saturated rings. The zero-order valence-corrected chi connectivity index (χ0v) is 17.1. The Morgan fingerprint density at radius 3 is 2.50 bits per heavy atom. The van der Waals surface area contributed by atoms with E-state index in [4.69, 9.17) is 4.74 Å². The molecule has 0 aliphatic rings. The van der Waals surface area contributed by atoms with E-state index in [-0.39, 0.29) is 11.8 Å². The number of hydrogen-bond acceptors (Lipinski definition) is 5. The summed E-state index contributed by atoms with van der Waals surface area (Å²) in [6.45, 7) is 1.40. The highest BCUT2D eigenvalue weighted by molar-refractivity contribution is 14.1. The van der Waals surface area contributed by atoms with Crippen molar-refractivity contribution in [3.05, 3.63) is 70.1 Å². The van der Waals surface area contributed by atoms with Gasteiger partial charge >= 0.3 is 0 Å². The maximum Gasteiger partial charge on any atom is 0.228 e. The zero-order chi connectivity index (χ0) is 19.9. The van der Waals surface area contributed by atoms with Gasteiger partial charge in [-0.25, -0.2) is 9.97 Å². The summed E-state index contributed by atoms with van der Waals surface area (Å²) >= 11 is 2.22. The first-order valence-corrected chi connectivity index (χ1v) is 9.48. The third-order valence-electron chi connectivity index (χ3n) is 3.62. The van der Waals surface area contributed by atoms with Crippen molar-refractivity contribution in [3.8, 4) is 11.6 Å². The molecule has 28 heavy (non-hydrogen) atoms. The lowest BCUT2D eigenvalue weighted by Crippen LogP contribution is -2.14. The Kier molecular flexibility index (Phi) is 6.53. The molecule has 3 aromatic rings. The van der Waals surface area contributed by atoms with Gasteiger partial charge < -0.3 is 15.4 Å². The predicted octanol–water partition coefficient (Wildman–Crippen LogP) is 4.01. The zero-order valence-electron chi connectivity index (χ0n) is 15.0. The Morgan fingerprint density at radius 1 is 1.04 bits per heavy atom. The van der Waals surface area contributed by atoms with Crippen LogP contribution >= 0.6 is 22.6 Å². The summed E-state index contributed by atoms with van der Waals surface area (Å²) in [6, 6.07) is 16.2. The standard InChI is InChI=1S/C20H17IN4O3/c1-13(26)24-18-11-20(23-12-22-18)28-16-8-6-15(7-9-16)25-19(27)10-14-4-2-3-5-17(14)21/h2-9,11-12H,10H2,1H3,(H,25,27)(H,22,23,24,26). The topological polar surface area (TPSA) is 93.2 Å². The Bertz CT molecular complexity index is 993. The average molecular weight is 488 g/mol. The Morgan fingerprint density at radius 2 is 1.79 bits per heavy atom. The number of carbonyl (C=O) groups excluding carboxylic acids is 2. The van der Waals surface area contributed by atoms with Crippen molar-refractivity contribution >= 4 is 45.9 Å². The van der Waals surface area contributed by atoms with E-state index in [1.807, 2.05) is 24.3 Å². The minimum Gasteiger partial charge on any atom is -0.439 e. The molecule has 0 saturated heterocycles. The Labute approximate surface area is 175 Å². The van der Waals surface area contributed by atoms with E-state index < -0.39 is 0 Å². The molecular weight excluding hydrogens is 471 g/mol. The van der Waals surface area contributed by atoms with Crippen molar-refractivity contribution in [2.24, 2.45) is 0 Å². The van der Waals surface area contributed by atoms with Gasteiger partial charge in [0.1, 0.15) is 17.9 Å². The largest absolute Gasteiger partial charge is 0.439 e. The van der Waals surface area contributed by atoms with Crippen LogP contribution in [0.2, 0.25) is 0 Å². The van der Waals surface area contributed by atoms with Crippen molar-refractivity contribution in [1.29, 1.82) is 0 Å². The van der Waals surface area contributed by atoms with E-state index in [0.717, 1.165) is 9.13 Å². The second-order valence-electron chi connectivity index (χ2n) is 5.87. The summed E-state index contributed by atoms with van der Waals surface area (Å²) < 4.78 is 6.71. The third-order valence-corrected chi connectivity index (χ3v) is 4.67. The summed E-state index contributed by atoms with van der Waals surface area (Å²) in [6.07, 6.45) is 1.62. The normalized spacial score (nSPS) is 10.2. The van der Waals surface area contributed by atoms with Gasteiger partial charge in [0.15, 0.2) is 0 Å². The predicted molar refractivity (Wildman–Crippen MR) is 114 cm³/mol. The average Bonchev–Trinajstić information content (AvgIpc) is 2.65. The van der Waals surface area contributed by atoms with Crippen molar-refractivity contribution in [2.75, 3.05) is 10.6 Å². The number of hydrogen-bond donors (Lipinski definition) is 2. The fraction of sp³-hybridized carbons (Fsp3) is 0.100. The summed E-state index contributed by atoms with van der Waals surface area (Å²) in [5, 5.41) is 5.44. The maximum absolute atomic E-state index is 12.2. The second-order valence-corrected chi connectivity index (χ2v) is 7.03. The molecule has 8 heteroatoms. The van der Waals surface area contributed by atoms with Crippen LogP contribution in [0.5, 0.6) is 11.6 Å². The molecule has 2 amide bonds. The van der Waals surface area contributed by atoms with E-state index >= 15 is 0 Å². The summed E-state index contributed by atoms with van der Waals surface area (Å²) in [5.41, 5.74) is 1.66. The van der Waals surface area contributed by atoms with Gasteiger partial charge in [-0.1, -0.05) is 18.2 Å². The van der Waals surface area contributed by atoms with Gasteiger partial charge in [0, 0.05) is 22.2 Å². The molecule has 0 aliphatic carbocycles. The van der Waals surface area contributed by atoms with E-state index in [1.165, 1.54) is 19.3 Å². The monoisotopic (exact) mass is 488 g/mol. The van der Waals surface area contributed by atoms with Gasteiger partial charge in [-0.05, 0) is 58.5 Å². The SMILES string of the molecule is CC(=O)Nc1cc(Oc2ccc(NC(=O)Cc3ccccc3I)cc2)ncn1. The van der Waals surface area contributed by atoms with Gasteiger partial charge in [-0.2, -0.15) is 0 Å². The van der Waals surface area contributed by atoms with Crippen molar-refractivity contribution in [1.82, 2.24) is 9.97 Å². The van der Waals surface area contributed by atoms with Crippen LogP contribution in [0.4, 0.5) is 11.5 Å². The van der Waals surface area contributed by atoms with E-state index in [2.05, 4.69) is 43.2 Å². The molecule has 0 unspecified atom stereocenters. The molecular formula is C20H17IN4O3. The molecule has 0 saturated carbocycles. The van der Waals surface area contributed by atoms with Gasteiger partial charge in [0.25, 0.3) is 0 Å². The van der Waals surface area contributed by atoms with Crippen LogP contribution in [0.3, 0.4) is 0 Å². The molecule has 0 radical (unpaired) electrons. The molecule has 3 rings (SSSR count). The summed E-state index contributed by atoms with van der Waals surface area (Å²) in [7, 11) is 0. The minimum atomic E-state index is -0.227. The van der Waals surface area contributed by atoms with Gasteiger partial charge in [-0.3, -0.25) is 9.59 Å². The minimum absolute atomic E-state index is 0.0893. The lowest BCUT2D eigenvalue weighted by Gasteiger charge is -2.09. The first-order valence-electron chi connectivity index (χ1n) is 8.40. The smallest absolute Gasteiger partial charge is 0.228 e. The van der Waals surface area contributed by atoms with E-state index in [1.54, 1.807) is 24.3 Å². The van der Waals surface area contributed by atoms with Crippen LogP contribution in [0.1, 0.15) is 12.5 Å². The number of aromatic nitrogens is 2. The molecule has 0 aliphatic heterocycles. The lowest BCUT2D eigenvalue weighted by molar-refractivity contribution is -0.116. The number of rotatable bonds is 6. The molecule has 0 atom stereocenters. The molecule has 1 heterocycles. The number of amides is 2. The van der Waals surface area contributed by atoms with E-state index in [9.17, 15) is 9.59 Å². The maximum atomic E-state index is 12.2. The number of nitrogens with one attached hydrogen (secondary N) is 2. The highest BCUT2D eigenvalue weighted by atomic mass is 127. The molecule has 1 aromatic heterocycles. The van der Waals surface area contributed by atoms with Gasteiger partial charge in [-0.15, -0.1) is 0 Å². The van der Waals surface area contributed by atoms with Crippen LogP contribution < -0.4 is 15.4 Å². The second kappa shape index (κ2) is 9.27. The van der Waals surface area contributed by atoms with Gasteiger partial charge in [0.2, 0.25) is 17.7 Å². The molecule has 2 aromatic carbocycles. The number of carbonyl (C=O) groups is 2. The summed E-state index contributed by atoms with van der Waals surface area (Å²) in [5.74, 6) is 0.887. The number of anilines is 2. The fourth-order valence-corrected chi connectivity index (χ4v) is 2.97. The van der Waals surface area contributed by atoms with Crippen molar-refractivity contribution < 1.29 is 14.3 Å². The van der Waals surface area contributed by atoms with Crippen molar-refractivity contribution in [3.63, 3.8) is 0 Å². The molecule has 2 N–H and O–H groups in total. The summed E-state index contributed by atoms with van der Waals surface area (Å²) in [4.78, 5) is 31.3. The Hall–Kier alpha value is -3.01. The molecule has 0 bridgehead atoms. The number of halogens is 1. The van der Waals surface area contributed by atoms with Crippen molar-refractivity contribution in [2.45, 2.75) is 13.3 Å². The van der Waals surface area contributed by atoms with Crippen LogP contribution in [0.25, 0.3) is 0 Å². The van der Waals surface area contributed by atoms with Gasteiger partial charge in [0.05, 0.1) is 6.42 Å². The Balaban J connectivity index is 1.60. The molecule has 7 nitrogen and oxygen atoms in total. The highest BCUT2D eigenvalue weighted by Gasteiger charge is 2.08. The van der Waals surface area contributed by atoms with Crippen LogP contribution in [0.15, 0.2) is 60.9 Å².